The number of hydrogen-bond acceptors (Lipinski definition) is 4. The number of methoxy groups -OCH3 is 1. The Labute approximate surface area is 161 Å². The first-order chi connectivity index (χ1) is 12.4. The first kappa shape index (κ1) is 19.8. The van der Waals surface area contributed by atoms with E-state index in [-0.39, 0.29) is 24.5 Å². The predicted molar refractivity (Wildman–Crippen MR) is 104 cm³/mol. The van der Waals surface area contributed by atoms with Crippen LogP contribution in [0.5, 0.6) is 11.5 Å². The molecule has 0 spiro atoms. The van der Waals surface area contributed by atoms with Gasteiger partial charge in [0.2, 0.25) is 0 Å². The molecule has 0 aromatic heterocycles. The van der Waals surface area contributed by atoms with E-state index in [2.05, 4.69) is 26.6 Å². The molecule has 2 amide bonds. The smallest absolute Gasteiger partial charge is 0.258 e. The molecule has 2 rings (SSSR count). The summed E-state index contributed by atoms with van der Waals surface area (Å²) >= 11 is 3.35. The third-order valence-electron chi connectivity index (χ3n) is 3.34. The minimum Gasteiger partial charge on any atom is -0.493 e. The summed E-state index contributed by atoms with van der Waals surface area (Å²) < 4.78 is 11.7. The highest BCUT2D eigenvalue weighted by Crippen LogP contribution is 2.28. The summed E-state index contributed by atoms with van der Waals surface area (Å²) in [7, 11) is 1.48. The molecule has 0 aliphatic carbocycles. The van der Waals surface area contributed by atoms with Gasteiger partial charge in [-0.15, -0.1) is 0 Å². The van der Waals surface area contributed by atoms with Crippen molar-refractivity contribution in [3.05, 3.63) is 52.5 Å². The van der Waals surface area contributed by atoms with E-state index in [9.17, 15) is 9.59 Å². The zero-order chi connectivity index (χ0) is 19.1. The number of ether oxygens (including phenoxy) is 2. The maximum absolute atomic E-state index is 12.4. The zero-order valence-corrected chi connectivity index (χ0v) is 16.4. The van der Waals surface area contributed by atoms with E-state index in [0.29, 0.717) is 22.7 Å². The molecule has 0 saturated heterocycles. The fraction of sp³-hybridized carbons (Fsp3) is 0.263. The highest BCUT2D eigenvalue weighted by molar-refractivity contribution is 9.10. The molecule has 138 valence electrons. The lowest BCUT2D eigenvalue weighted by molar-refractivity contribution is -0.123. The van der Waals surface area contributed by atoms with Crippen molar-refractivity contribution in [3.63, 3.8) is 0 Å². The summed E-state index contributed by atoms with van der Waals surface area (Å²) in [5, 5.41) is 5.55. The van der Waals surface area contributed by atoms with Gasteiger partial charge in [-0.3, -0.25) is 9.59 Å². The molecule has 2 aromatic carbocycles. The Morgan fingerprint density at radius 3 is 2.38 bits per heavy atom. The lowest BCUT2D eigenvalue weighted by atomic mass is 10.2. The maximum atomic E-state index is 12.4. The predicted octanol–water partition coefficient (Wildman–Crippen LogP) is 3.61. The molecule has 0 saturated carbocycles. The fourth-order valence-corrected chi connectivity index (χ4v) is 2.44. The summed E-state index contributed by atoms with van der Waals surface area (Å²) in [6.45, 7) is 3.62. The van der Waals surface area contributed by atoms with Gasteiger partial charge in [0.15, 0.2) is 18.1 Å². The lowest BCUT2D eigenvalue weighted by Gasteiger charge is -2.13. The van der Waals surface area contributed by atoms with E-state index < -0.39 is 0 Å². The third kappa shape index (κ3) is 5.77. The number of benzene rings is 2. The Morgan fingerprint density at radius 1 is 1.08 bits per heavy atom. The second-order valence-electron chi connectivity index (χ2n) is 5.84. The minimum atomic E-state index is -0.269. The standard InChI is InChI=1S/C19H21BrN2O4/c1-12(2)21-18(23)11-26-16-9-4-13(10-17(16)25-3)19(24)22-15-7-5-14(20)6-8-15/h4-10,12H,11H2,1-3H3,(H,21,23)(H,22,24). The van der Waals surface area contributed by atoms with E-state index in [1.54, 1.807) is 30.3 Å². The summed E-state index contributed by atoms with van der Waals surface area (Å²) in [6, 6.07) is 12.1. The largest absolute Gasteiger partial charge is 0.493 e. The van der Waals surface area contributed by atoms with Gasteiger partial charge in [0.1, 0.15) is 0 Å². The Morgan fingerprint density at radius 2 is 1.77 bits per heavy atom. The third-order valence-corrected chi connectivity index (χ3v) is 3.86. The van der Waals surface area contributed by atoms with E-state index in [0.717, 1.165) is 4.47 Å². The molecule has 26 heavy (non-hydrogen) atoms. The average Bonchev–Trinajstić information content (AvgIpc) is 2.61. The van der Waals surface area contributed by atoms with E-state index >= 15 is 0 Å². The number of carbonyl (C=O) groups is 2. The van der Waals surface area contributed by atoms with Crippen molar-refractivity contribution < 1.29 is 19.1 Å². The fourth-order valence-electron chi connectivity index (χ4n) is 2.17. The number of amides is 2. The number of nitrogens with one attached hydrogen (secondary N) is 2. The van der Waals surface area contributed by atoms with Crippen molar-refractivity contribution >= 4 is 33.4 Å². The number of halogens is 1. The minimum absolute atomic E-state index is 0.0395. The van der Waals surface area contributed by atoms with Gasteiger partial charge in [0.05, 0.1) is 7.11 Å². The number of carbonyl (C=O) groups excluding carboxylic acids is 2. The van der Waals surface area contributed by atoms with Crippen LogP contribution in [0.15, 0.2) is 46.9 Å². The molecule has 2 N–H and O–H groups in total. The average molecular weight is 421 g/mol. The molecule has 0 atom stereocenters. The maximum Gasteiger partial charge on any atom is 0.258 e. The SMILES string of the molecule is COc1cc(C(=O)Nc2ccc(Br)cc2)ccc1OCC(=O)NC(C)C. The Hall–Kier alpha value is -2.54. The number of anilines is 1. The molecule has 0 heterocycles. The normalized spacial score (nSPS) is 10.3. The zero-order valence-electron chi connectivity index (χ0n) is 14.8. The second-order valence-corrected chi connectivity index (χ2v) is 6.75. The molecule has 0 unspecified atom stereocenters. The van der Waals surface area contributed by atoms with Crippen molar-refractivity contribution in [1.82, 2.24) is 5.32 Å². The molecule has 7 heteroatoms. The van der Waals surface area contributed by atoms with Gasteiger partial charge in [0.25, 0.3) is 11.8 Å². The first-order valence-corrected chi connectivity index (χ1v) is 8.85. The first-order valence-electron chi connectivity index (χ1n) is 8.06. The van der Waals surface area contributed by atoms with Crippen LogP contribution in [0, 0.1) is 0 Å². The quantitative estimate of drug-likeness (QED) is 0.716. The van der Waals surface area contributed by atoms with Crippen LogP contribution < -0.4 is 20.1 Å². The van der Waals surface area contributed by atoms with Crippen LogP contribution in [-0.4, -0.2) is 31.6 Å². The lowest BCUT2D eigenvalue weighted by Crippen LogP contribution is -2.34. The van der Waals surface area contributed by atoms with Gasteiger partial charge in [-0.2, -0.15) is 0 Å². The molecule has 0 bridgehead atoms. The van der Waals surface area contributed by atoms with Crippen LogP contribution >= 0.6 is 15.9 Å². The number of rotatable bonds is 7. The molecular weight excluding hydrogens is 400 g/mol. The Balaban J connectivity index is 2.05. The van der Waals surface area contributed by atoms with E-state index in [1.165, 1.54) is 7.11 Å². The van der Waals surface area contributed by atoms with Crippen molar-refractivity contribution in [1.29, 1.82) is 0 Å². The van der Waals surface area contributed by atoms with Crippen LogP contribution in [0.2, 0.25) is 0 Å². The number of hydrogen-bond donors (Lipinski definition) is 2. The molecule has 0 fully saturated rings. The van der Waals surface area contributed by atoms with Crippen LogP contribution in [0.4, 0.5) is 5.69 Å². The van der Waals surface area contributed by atoms with Crippen molar-refractivity contribution in [2.75, 3.05) is 19.0 Å². The van der Waals surface area contributed by atoms with Gasteiger partial charge in [0, 0.05) is 21.8 Å². The van der Waals surface area contributed by atoms with Gasteiger partial charge in [-0.05, 0) is 56.3 Å². The molecule has 0 aliphatic rings. The van der Waals surface area contributed by atoms with Crippen molar-refractivity contribution in [2.45, 2.75) is 19.9 Å². The van der Waals surface area contributed by atoms with Gasteiger partial charge in [-0.25, -0.2) is 0 Å². The van der Waals surface area contributed by atoms with E-state index in [4.69, 9.17) is 9.47 Å². The van der Waals surface area contributed by atoms with Crippen LogP contribution in [0.1, 0.15) is 24.2 Å². The Kier molecular flexibility index (Phi) is 7.03. The topological polar surface area (TPSA) is 76.7 Å². The summed E-state index contributed by atoms with van der Waals surface area (Å²) in [6.07, 6.45) is 0. The van der Waals surface area contributed by atoms with Crippen LogP contribution in [0.25, 0.3) is 0 Å². The highest BCUT2D eigenvalue weighted by Gasteiger charge is 2.13. The van der Waals surface area contributed by atoms with Crippen LogP contribution in [-0.2, 0) is 4.79 Å². The summed E-state index contributed by atoms with van der Waals surface area (Å²) in [5.41, 5.74) is 1.10. The summed E-state index contributed by atoms with van der Waals surface area (Å²) in [4.78, 5) is 24.1. The van der Waals surface area contributed by atoms with Gasteiger partial charge < -0.3 is 20.1 Å². The molecule has 6 nitrogen and oxygen atoms in total. The van der Waals surface area contributed by atoms with Gasteiger partial charge in [-0.1, -0.05) is 15.9 Å². The molecular formula is C19H21BrN2O4. The molecule has 2 aromatic rings. The highest BCUT2D eigenvalue weighted by atomic mass is 79.9. The molecule has 0 radical (unpaired) electrons. The summed E-state index contributed by atoms with van der Waals surface area (Å²) in [5.74, 6) is 0.284. The monoisotopic (exact) mass is 420 g/mol. The Bertz CT molecular complexity index is 776. The second kappa shape index (κ2) is 9.24. The van der Waals surface area contributed by atoms with Crippen molar-refractivity contribution in [2.24, 2.45) is 0 Å². The van der Waals surface area contributed by atoms with Crippen LogP contribution in [0.3, 0.4) is 0 Å². The van der Waals surface area contributed by atoms with Crippen molar-refractivity contribution in [3.8, 4) is 11.5 Å². The van der Waals surface area contributed by atoms with Gasteiger partial charge >= 0.3 is 0 Å². The van der Waals surface area contributed by atoms with E-state index in [1.807, 2.05) is 26.0 Å². The molecule has 0 aliphatic heterocycles.